The zero-order chi connectivity index (χ0) is 23.7. The number of thioether (sulfide) groups is 1. The van der Waals surface area contributed by atoms with Crippen molar-refractivity contribution in [1.82, 2.24) is 9.55 Å². The second-order valence-electron chi connectivity index (χ2n) is 7.43. The van der Waals surface area contributed by atoms with Gasteiger partial charge in [-0.05, 0) is 42.0 Å². The molecule has 2 heterocycles. The highest BCUT2D eigenvalue weighted by molar-refractivity contribution is 9.10. The summed E-state index contributed by atoms with van der Waals surface area (Å²) in [4.78, 5) is 32.1. The summed E-state index contributed by atoms with van der Waals surface area (Å²) in [5.74, 6) is 0.140. The molecule has 0 saturated heterocycles. The number of thiophene rings is 1. The van der Waals surface area contributed by atoms with Crippen LogP contribution in [0.15, 0.2) is 98.7 Å². The number of halogens is 2. The predicted molar refractivity (Wildman–Crippen MR) is 145 cm³/mol. The lowest BCUT2D eigenvalue weighted by molar-refractivity contribution is 0.102. The Labute approximate surface area is 217 Å². The fourth-order valence-corrected chi connectivity index (χ4v) is 5.85. The summed E-state index contributed by atoms with van der Waals surface area (Å²) in [6, 6.07) is 24.0. The van der Waals surface area contributed by atoms with Crippen molar-refractivity contribution < 1.29 is 4.79 Å². The quantitative estimate of drug-likeness (QED) is 0.121. The lowest BCUT2D eigenvalue weighted by Crippen LogP contribution is -2.22. The van der Waals surface area contributed by atoms with Crippen molar-refractivity contribution >= 4 is 66.6 Å². The van der Waals surface area contributed by atoms with Gasteiger partial charge in [0.05, 0.1) is 16.8 Å². The molecule has 5 rings (SSSR count). The van der Waals surface area contributed by atoms with E-state index >= 15 is 0 Å². The van der Waals surface area contributed by atoms with Crippen molar-refractivity contribution in [3.8, 4) is 16.8 Å². The minimum absolute atomic E-state index is 0.0282. The molecule has 0 N–H and O–H groups in total. The normalized spacial score (nSPS) is 11.1. The van der Waals surface area contributed by atoms with Crippen molar-refractivity contribution in [3.05, 3.63) is 110 Å². The van der Waals surface area contributed by atoms with E-state index in [1.165, 1.54) is 23.1 Å². The summed E-state index contributed by atoms with van der Waals surface area (Å²) < 4.78 is 2.50. The van der Waals surface area contributed by atoms with Gasteiger partial charge in [-0.3, -0.25) is 14.2 Å². The monoisotopic (exact) mass is 566 g/mol. The molecule has 0 fully saturated rings. The molecular weight excluding hydrogens is 552 g/mol. The summed E-state index contributed by atoms with van der Waals surface area (Å²) in [7, 11) is 0. The van der Waals surface area contributed by atoms with Crippen molar-refractivity contribution in [1.29, 1.82) is 0 Å². The van der Waals surface area contributed by atoms with E-state index in [1.54, 1.807) is 16.7 Å². The molecule has 0 bridgehead atoms. The SMILES string of the molecule is O=C(CSc1nc2scc(-c3ccc(Cl)cc3)c2c(=O)n1-c1ccccc1)c1ccc(Br)cc1. The Morgan fingerprint density at radius 1 is 1.00 bits per heavy atom. The van der Waals surface area contributed by atoms with Gasteiger partial charge < -0.3 is 0 Å². The summed E-state index contributed by atoms with van der Waals surface area (Å²) >= 11 is 12.1. The number of rotatable bonds is 6. The average Bonchev–Trinajstić information content (AvgIpc) is 3.28. The molecule has 4 nitrogen and oxygen atoms in total. The molecule has 2 aromatic heterocycles. The van der Waals surface area contributed by atoms with Crippen LogP contribution in [0.3, 0.4) is 0 Å². The molecule has 34 heavy (non-hydrogen) atoms. The van der Waals surface area contributed by atoms with Crippen molar-refractivity contribution in [2.75, 3.05) is 5.75 Å². The van der Waals surface area contributed by atoms with Crippen molar-refractivity contribution in [2.45, 2.75) is 5.16 Å². The second kappa shape index (κ2) is 9.88. The summed E-state index contributed by atoms with van der Waals surface area (Å²) in [5.41, 5.74) is 2.88. The van der Waals surface area contributed by atoms with Crippen LogP contribution in [0.5, 0.6) is 0 Å². The average molecular weight is 568 g/mol. The zero-order valence-electron chi connectivity index (χ0n) is 17.6. The van der Waals surface area contributed by atoms with E-state index in [4.69, 9.17) is 16.6 Å². The highest BCUT2D eigenvalue weighted by Gasteiger charge is 2.19. The van der Waals surface area contributed by atoms with E-state index in [0.29, 0.717) is 31.6 Å². The molecule has 8 heteroatoms. The number of fused-ring (bicyclic) bond motifs is 1. The molecular formula is C26H16BrClN2O2S2. The third-order valence-corrected chi connectivity index (χ3v) is 7.84. The molecule has 5 aromatic rings. The summed E-state index contributed by atoms with van der Waals surface area (Å²) in [5, 5.41) is 3.62. The van der Waals surface area contributed by atoms with Crippen LogP contribution in [-0.2, 0) is 0 Å². The van der Waals surface area contributed by atoms with Crippen LogP contribution >= 0.6 is 50.6 Å². The Balaban J connectivity index is 1.60. The van der Waals surface area contributed by atoms with E-state index in [2.05, 4.69) is 15.9 Å². The lowest BCUT2D eigenvalue weighted by atomic mass is 10.1. The second-order valence-corrected chi connectivity index (χ2v) is 10.6. The number of Topliss-reactive ketones (excluding diaryl/α,β-unsaturated/α-hetero) is 1. The van der Waals surface area contributed by atoms with Crippen LogP contribution < -0.4 is 5.56 Å². The van der Waals surface area contributed by atoms with Crippen LogP contribution in [0.1, 0.15) is 10.4 Å². The highest BCUT2D eigenvalue weighted by Crippen LogP contribution is 2.33. The maximum atomic E-state index is 13.8. The number of carbonyl (C=O) groups excluding carboxylic acids is 1. The molecule has 0 aliphatic heterocycles. The van der Waals surface area contributed by atoms with Gasteiger partial charge >= 0.3 is 0 Å². The number of para-hydroxylation sites is 1. The molecule has 0 spiro atoms. The number of hydrogen-bond acceptors (Lipinski definition) is 5. The number of carbonyl (C=O) groups is 1. The Kier molecular flexibility index (Phi) is 6.70. The van der Waals surface area contributed by atoms with E-state index in [-0.39, 0.29) is 17.1 Å². The Bertz CT molecular complexity index is 1550. The third kappa shape index (κ3) is 4.61. The number of benzene rings is 3. The first kappa shape index (κ1) is 23.1. The summed E-state index contributed by atoms with van der Waals surface area (Å²) in [6.07, 6.45) is 0. The van der Waals surface area contributed by atoms with Gasteiger partial charge in [0.25, 0.3) is 5.56 Å². The van der Waals surface area contributed by atoms with Crippen LogP contribution in [0.4, 0.5) is 0 Å². The molecule has 0 aliphatic rings. The first-order valence-corrected chi connectivity index (χ1v) is 13.3. The number of aromatic nitrogens is 2. The van der Waals surface area contributed by atoms with E-state index in [1.807, 2.05) is 72.1 Å². The van der Waals surface area contributed by atoms with Gasteiger partial charge in [-0.25, -0.2) is 4.98 Å². The van der Waals surface area contributed by atoms with E-state index in [0.717, 1.165) is 15.6 Å². The number of hydrogen-bond donors (Lipinski definition) is 0. The topological polar surface area (TPSA) is 52.0 Å². The smallest absolute Gasteiger partial charge is 0.268 e. The Hall–Kier alpha value is -2.71. The summed E-state index contributed by atoms with van der Waals surface area (Å²) in [6.45, 7) is 0. The van der Waals surface area contributed by atoms with Crippen molar-refractivity contribution in [3.63, 3.8) is 0 Å². The third-order valence-electron chi connectivity index (χ3n) is 5.25. The molecule has 168 valence electrons. The maximum Gasteiger partial charge on any atom is 0.268 e. The standard InChI is InChI=1S/C26H16BrClN2O2S2/c27-18-10-6-17(7-11-18)22(31)15-34-26-29-24-23(25(32)30(26)20-4-2-1-3-5-20)21(14-33-24)16-8-12-19(28)13-9-16/h1-14H,15H2. The lowest BCUT2D eigenvalue weighted by Gasteiger charge is -2.12. The van der Waals surface area contributed by atoms with Crippen molar-refractivity contribution in [2.24, 2.45) is 0 Å². The fraction of sp³-hybridized carbons (Fsp3) is 0.0385. The molecule has 0 unspecified atom stereocenters. The van der Waals surface area contributed by atoms with Crippen LogP contribution in [-0.4, -0.2) is 21.1 Å². The fourth-order valence-electron chi connectivity index (χ4n) is 3.56. The predicted octanol–water partition coefficient (Wildman–Crippen LogP) is 7.51. The van der Waals surface area contributed by atoms with Crippen LogP contribution in [0.25, 0.3) is 27.0 Å². The first-order chi connectivity index (χ1) is 16.5. The Morgan fingerprint density at radius 2 is 1.71 bits per heavy atom. The number of ketones is 1. The van der Waals surface area contributed by atoms with Gasteiger partial charge in [0.1, 0.15) is 4.83 Å². The molecule has 3 aromatic carbocycles. The molecule has 0 amide bonds. The Morgan fingerprint density at radius 3 is 2.41 bits per heavy atom. The maximum absolute atomic E-state index is 13.8. The zero-order valence-corrected chi connectivity index (χ0v) is 21.5. The van der Waals surface area contributed by atoms with Gasteiger partial charge in [-0.2, -0.15) is 0 Å². The molecule has 0 atom stereocenters. The largest absolute Gasteiger partial charge is 0.293 e. The minimum atomic E-state index is -0.166. The van der Waals surface area contributed by atoms with Crippen LogP contribution in [0, 0.1) is 0 Å². The van der Waals surface area contributed by atoms with Gasteiger partial charge in [-0.1, -0.05) is 81.8 Å². The minimum Gasteiger partial charge on any atom is -0.293 e. The van der Waals surface area contributed by atoms with Gasteiger partial charge in [-0.15, -0.1) is 11.3 Å². The highest BCUT2D eigenvalue weighted by atomic mass is 79.9. The molecule has 0 saturated carbocycles. The van der Waals surface area contributed by atoms with Crippen LogP contribution in [0.2, 0.25) is 5.02 Å². The van der Waals surface area contributed by atoms with Gasteiger partial charge in [0, 0.05) is 26.0 Å². The first-order valence-electron chi connectivity index (χ1n) is 10.3. The molecule has 0 radical (unpaired) electrons. The van der Waals surface area contributed by atoms with Gasteiger partial charge in [0.2, 0.25) is 0 Å². The van der Waals surface area contributed by atoms with E-state index in [9.17, 15) is 9.59 Å². The van der Waals surface area contributed by atoms with Gasteiger partial charge in [0.15, 0.2) is 10.9 Å². The van der Waals surface area contributed by atoms with E-state index < -0.39 is 0 Å². The molecule has 0 aliphatic carbocycles. The number of nitrogens with zero attached hydrogens (tertiary/aromatic N) is 2.